The van der Waals surface area contributed by atoms with Crippen LogP contribution in [0.5, 0.6) is 0 Å². The van der Waals surface area contributed by atoms with Crippen molar-refractivity contribution >= 4 is 16.9 Å². The van der Waals surface area contributed by atoms with Gasteiger partial charge in [0.2, 0.25) is 6.54 Å². The molecule has 0 fully saturated rings. The van der Waals surface area contributed by atoms with Crippen molar-refractivity contribution in [2.45, 2.75) is 19.6 Å². The number of fused-ring (bicyclic) bond motifs is 1. The summed E-state index contributed by atoms with van der Waals surface area (Å²) in [6, 6.07) is 14.3. The first kappa shape index (κ1) is 25.1. The molecule has 2 heterocycles. The van der Waals surface area contributed by atoms with Gasteiger partial charge in [-0.05, 0) is 37.3 Å². The number of aromatic nitrogens is 3. The first-order valence-corrected chi connectivity index (χ1v) is 10.1. The molecule has 0 aliphatic rings. The van der Waals surface area contributed by atoms with E-state index >= 15 is 0 Å². The predicted molar refractivity (Wildman–Crippen MR) is 114 cm³/mol. The number of halogens is 4. The second-order valence-electron chi connectivity index (χ2n) is 7.21. The topological polar surface area (TPSA) is 65.1 Å². The summed E-state index contributed by atoms with van der Waals surface area (Å²) in [6.45, 7) is 2.04. The second-order valence-corrected chi connectivity index (χ2v) is 7.21. The average Bonchev–Trinajstić information content (AvgIpc) is 2.79. The minimum atomic E-state index is -4.55. The molecule has 0 aliphatic heterocycles. The lowest BCUT2D eigenvalue weighted by Gasteiger charge is -2.14. The number of hydrogen-bond donors (Lipinski definition) is 0. The third kappa shape index (κ3) is 5.17. The quantitative estimate of drug-likeness (QED) is 0.283. The number of hydrogen-bond acceptors (Lipinski definition) is 4. The van der Waals surface area contributed by atoms with E-state index in [9.17, 15) is 22.8 Å². The summed E-state index contributed by atoms with van der Waals surface area (Å²) >= 11 is 0. The van der Waals surface area contributed by atoms with E-state index in [0.717, 1.165) is 12.1 Å². The molecule has 4 aromatic rings. The SMILES string of the molecule is CCOC(=O)c1cc[n+](Cc2nc3ccccc3c(=O)n2-c2cccc(C(F)(F)F)c2)cc1.[Br-]. The molecule has 0 amide bonds. The largest absolute Gasteiger partial charge is 1.00 e. The summed E-state index contributed by atoms with van der Waals surface area (Å²) in [5, 5.41) is 0.293. The minimum Gasteiger partial charge on any atom is -1.00 e. The van der Waals surface area contributed by atoms with Crippen molar-refractivity contribution in [1.29, 1.82) is 0 Å². The van der Waals surface area contributed by atoms with Gasteiger partial charge in [0.25, 0.3) is 5.56 Å². The molecule has 0 atom stereocenters. The van der Waals surface area contributed by atoms with Crippen LogP contribution in [-0.2, 0) is 17.5 Å². The summed E-state index contributed by atoms with van der Waals surface area (Å²) in [7, 11) is 0. The van der Waals surface area contributed by atoms with Gasteiger partial charge in [0.15, 0.2) is 18.2 Å². The van der Waals surface area contributed by atoms with E-state index in [2.05, 4.69) is 4.98 Å². The molecule has 0 spiro atoms. The third-order valence-corrected chi connectivity index (χ3v) is 5.00. The van der Waals surface area contributed by atoms with Crippen LogP contribution in [0.4, 0.5) is 13.2 Å². The monoisotopic (exact) mass is 533 g/mol. The zero-order valence-corrected chi connectivity index (χ0v) is 19.5. The highest BCUT2D eigenvalue weighted by Crippen LogP contribution is 2.30. The molecule has 2 aromatic heterocycles. The van der Waals surface area contributed by atoms with Gasteiger partial charge in [-0.1, -0.05) is 18.2 Å². The highest BCUT2D eigenvalue weighted by Gasteiger charge is 2.31. The van der Waals surface area contributed by atoms with Crippen molar-refractivity contribution in [3.05, 3.63) is 100 Å². The Hall–Kier alpha value is -3.53. The lowest BCUT2D eigenvalue weighted by molar-refractivity contribution is -0.689. The van der Waals surface area contributed by atoms with Gasteiger partial charge in [0, 0.05) is 12.1 Å². The zero-order valence-electron chi connectivity index (χ0n) is 17.9. The Balaban J connectivity index is 0.00000324. The summed E-state index contributed by atoms with van der Waals surface area (Å²) in [4.78, 5) is 29.7. The summed E-state index contributed by atoms with van der Waals surface area (Å²) in [5.41, 5.74) is -0.484. The number of carbonyl (C=O) groups excluding carboxylic acids is 1. The van der Waals surface area contributed by atoms with Crippen molar-refractivity contribution in [1.82, 2.24) is 9.55 Å². The van der Waals surface area contributed by atoms with Crippen LogP contribution < -0.4 is 27.1 Å². The van der Waals surface area contributed by atoms with Gasteiger partial charge >= 0.3 is 12.1 Å². The fourth-order valence-corrected chi connectivity index (χ4v) is 3.45. The number of alkyl halides is 3. The lowest BCUT2D eigenvalue weighted by atomic mass is 10.1. The number of rotatable bonds is 5. The van der Waals surface area contributed by atoms with Crippen molar-refractivity contribution in [2.75, 3.05) is 6.61 Å². The zero-order chi connectivity index (χ0) is 23.6. The van der Waals surface area contributed by atoms with Crippen molar-refractivity contribution in [3.8, 4) is 5.69 Å². The smallest absolute Gasteiger partial charge is 0.416 e. The molecule has 10 heteroatoms. The number of esters is 1. The van der Waals surface area contributed by atoms with Crippen LogP contribution in [0.15, 0.2) is 77.9 Å². The fraction of sp³-hybridized carbons (Fsp3) is 0.167. The number of carbonyl (C=O) groups is 1. The van der Waals surface area contributed by atoms with Crippen LogP contribution in [0, 0.1) is 0 Å². The summed E-state index contributed by atoms with van der Waals surface area (Å²) in [5.74, 6) is -0.221. The van der Waals surface area contributed by atoms with Crippen LogP contribution in [0.3, 0.4) is 0 Å². The Labute approximate surface area is 203 Å². The predicted octanol–water partition coefficient (Wildman–Crippen LogP) is 0.921. The maximum atomic E-state index is 13.3. The van der Waals surface area contributed by atoms with Gasteiger partial charge < -0.3 is 21.7 Å². The van der Waals surface area contributed by atoms with E-state index in [1.807, 2.05) is 0 Å². The Morgan fingerprint density at radius 2 is 1.76 bits per heavy atom. The van der Waals surface area contributed by atoms with Gasteiger partial charge in [-0.25, -0.2) is 9.78 Å². The van der Waals surface area contributed by atoms with Crippen LogP contribution in [0.25, 0.3) is 16.6 Å². The Kier molecular flexibility index (Phi) is 7.51. The molecule has 0 saturated carbocycles. The molecule has 0 saturated heterocycles. The Bertz CT molecular complexity index is 1390. The second kappa shape index (κ2) is 10.2. The van der Waals surface area contributed by atoms with Gasteiger partial charge in [-0.3, -0.25) is 9.36 Å². The molecule has 0 unspecified atom stereocenters. The normalized spacial score (nSPS) is 11.2. The van der Waals surface area contributed by atoms with E-state index < -0.39 is 23.3 Å². The number of nitrogens with zero attached hydrogens (tertiary/aromatic N) is 3. The minimum absolute atomic E-state index is 0. The van der Waals surface area contributed by atoms with Crippen LogP contribution in [0.2, 0.25) is 0 Å². The third-order valence-electron chi connectivity index (χ3n) is 5.00. The maximum Gasteiger partial charge on any atom is 0.416 e. The number of pyridine rings is 1. The summed E-state index contributed by atoms with van der Waals surface area (Å²) in [6.07, 6.45) is -1.32. The van der Waals surface area contributed by atoms with Gasteiger partial charge in [-0.15, -0.1) is 0 Å². The van der Waals surface area contributed by atoms with Crippen molar-refractivity contribution in [2.24, 2.45) is 0 Å². The highest BCUT2D eigenvalue weighted by atomic mass is 79.9. The van der Waals surface area contributed by atoms with Gasteiger partial charge in [0.1, 0.15) is 0 Å². The highest BCUT2D eigenvalue weighted by molar-refractivity contribution is 5.88. The van der Waals surface area contributed by atoms with Crippen molar-refractivity contribution in [3.63, 3.8) is 0 Å². The van der Waals surface area contributed by atoms with E-state index in [-0.39, 0.29) is 41.6 Å². The number of ether oxygens (including phenoxy) is 1. The lowest BCUT2D eigenvalue weighted by Crippen LogP contribution is -3.00. The Morgan fingerprint density at radius 3 is 2.44 bits per heavy atom. The van der Waals surface area contributed by atoms with E-state index in [4.69, 9.17) is 4.74 Å². The first-order chi connectivity index (χ1) is 15.8. The van der Waals surface area contributed by atoms with Gasteiger partial charge in [-0.2, -0.15) is 17.7 Å². The molecular weight excluding hydrogens is 515 g/mol. The number of benzene rings is 2. The summed E-state index contributed by atoms with van der Waals surface area (Å²) < 4.78 is 47.7. The molecule has 0 bridgehead atoms. The van der Waals surface area contributed by atoms with Crippen LogP contribution in [0.1, 0.15) is 28.7 Å². The molecule has 0 radical (unpaired) electrons. The molecule has 2 aromatic carbocycles. The van der Waals surface area contributed by atoms with E-state index in [1.165, 1.54) is 16.7 Å². The molecule has 0 N–H and O–H groups in total. The maximum absolute atomic E-state index is 13.3. The molecule has 176 valence electrons. The van der Waals surface area contributed by atoms with Crippen LogP contribution in [-0.4, -0.2) is 22.1 Å². The molecule has 6 nitrogen and oxygen atoms in total. The van der Waals surface area contributed by atoms with Crippen molar-refractivity contribution < 1.29 is 44.3 Å². The van der Waals surface area contributed by atoms with Gasteiger partial charge in [0.05, 0.1) is 34.3 Å². The molecule has 0 aliphatic carbocycles. The molecule has 4 rings (SSSR count). The van der Waals surface area contributed by atoms with E-state index in [1.54, 1.807) is 60.3 Å². The molecular formula is C24H19BrF3N3O3. The first-order valence-electron chi connectivity index (χ1n) is 10.1. The number of para-hydroxylation sites is 1. The fourth-order valence-electron chi connectivity index (χ4n) is 3.45. The Morgan fingerprint density at radius 1 is 1.06 bits per heavy atom. The standard InChI is InChI=1S/C24H19F3N3O3.BrH/c1-2-33-23(32)16-10-12-29(13-11-16)15-21-28-20-9-4-3-8-19(20)22(31)30(21)18-7-5-6-17(14-18)24(25,26)27;/h3-14H,2,15H2,1H3;1H/q+1;/p-1. The molecule has 34 heavy (non-hydrogen) atoms. The van der Waals surface area contributed by atoms with Crippen LogP contribution >= 0.6 is 0 Å². The van der Waals surface area contributed by atoms with E-state index in [0.29, 0.717) is 16.5 Å². The average molecular weight is 534 g/mol.